The summed E-state index contributed by atoms with van der Waals surface area (Å²) in [7, 11) is -3.66. The Morgan fingerprint density at radius 3 is 2.46 bits per heavy atom. The summed E-state index contributed by atoms with van der Waals surface area (Å²) in [5.41, 5.74) is 2.25. The fraction of sp³-hybridized carbons (Fsp3) is 0.412. The third-order valence-electron chi connectivity index (χ3n) is 4.48. The maximum Gasteiger partial charge on any atom is 0.247 e. The van der Waals surface area contributed by atoms with Crippen LogP contribution in [0.3, 0.4) is 0 Å². The molecule has 0 saturated carbocycles. The first-order valence-corrected chi connectivity index (χ1v) is 10.7. The lowest BCUT2D eigenvalue weighted by atomic mass is 9.91. The molecule has 1 aliphatic rings. The van der Waals surface area contributed by atoms with E-state index in [0.29, 0.717) is 10.3 Å². The number of hydrogen-bond donors (Lipinski definition) is 1. The topological polar surface area (TPSA) is 63.4 Å². The van der Waals surface area contributed by atoms with Crippen molar-refractivity contribution in [2.45, 2.75) is 30.0 Å². The second-order valence-electron chi connectivity index (χ2n) is 6.32. The molecule has 24 heavy (non-hydrogen) atoms. The predicted octanol–water partition coefficient (Wildman–Crippen LogP) is 3.50. The lowest BCUT2D eigenvalue weighted by molar-refractivity contribution is 0.177. The van der Waals surface area contributed by atoms with Crippen LogP contribution in [0.2, 0.25) is 4.34 Å². The molecule has 0 radical (unpaired) electrons. The summed E-state index contributed by atoms with van der Waals surface area (Å²) in [4.78, 5) is 2.47. The van der Waals surface area contributed by atoms with Gasteiger partial charge >= 0.3 is 0 Å². The van der Waals surface area contributed by atoms with Crippen molar-refractivity contribution in [2.75, 3.05) is 13.1 Å². The van der Waals surface area contributed by atoms with Gasteiger partial charge < -0.3 is 0 Å². The fourth-order valence-electron chi connectivity index (χ4n) is 3.16. The normalized spacial score (nSPS) is 17.2. The highest BCUT2D eigenvalue weighted by molar-refractivity contribution is 7.91. The van der Waals surface area contributed by atoms with Crippen LogP contribution in [0, 0.1) is 5.92 Å². The standard InChI is InChI=1S/C17H21ClN2O2S2/c18-17-15(11-16(23-17)24(19,21)22)10-13-6-8-20(9-7-13)12-14-4-2-1-3-5-14/h1-5,11,13H,6-10,12H2,(H2,19,21,22). The number of thiophene rings is 1. The molecule has 0 bridgehead atoms. The van der Waals surface area contributed by atoms with Crippen LogP contribution in [0.25, 0.3) is 0 Å². The molecule has 130 valence electrons. The SMILES string of the molecule is NS(=O)(=O)c1cc(CC2CCN(Cc3ccccc3)CC2)c(Cl)s1. The Labute approximate surface area is 152 Å². The lowest BCUT2D eigenvalue weighted by Gasteiger charge is -2.32. The highest BCUT2D eigenvalue weighted by Gasteiger charge is 2.22. The van der Waals surface area contributed by atoms with E-state index in [1.54, 1.807) is 6.07 Å². The predicted molar refractivity (Wildman–Crippen MR) is 98.8 cm³/mol. The van der Waals surface area contributed by atoms with Crippen LogP contribution in [-0.2, 0) is 23.0 Å². The molecule has 4 nitrogen and oxygen atoms in total. The van der Waals surface area contributed by atoms with Crippen LogP contribution in [0.5, 0.6) is 0 Å². The van der Waals surface area contributed by atoms with Gasteiger partial charge in [-0.05, 0) is 55.5 Å². The highest BCUT2D eigenvalue weighted by Crippen LogP contribution is 2.33. The summed E-state index contributed by atoms with van der Waals surface area (Å²) in [5.74, 6) is 0.539. The van der Waals surface area contributed by atoms with Crippen LogP contribution in [0.15, 0.2) is 40.6 Å². The molecule has 2 aromatic rings. The van der Waals surface area contributed by atoms with E-state index < -0.39 is 10.0 Å². The van der Waals surface area contributed by atoms with Gasteiger partial charge in [-0.25, -0.2) is 13.6 Å². The average Bonchev–Trinajstić information content (AvgIpc) is 2.92. The number of halogens is 1. The zero-order valence-corrected chi connectivity index (χ0v) is 15.7. The number of hydrogen-bond acceptors (Lipinski definition) is 4. The molecule has 0 unspecified atom stereocenters. The van der Waals surface area contributed by atoms with Gasteiger partial charge in [0.15, 0.2) is 0 Å². The number of benzene rings is 1. The summed E-state index contributed by atoms with van der Waals surface area (Å²) >= 11 is 7.25. The third-order valence-corrected chi connectivity index (χ3v) is 7.34. The van der Waals surface area contributed by atoms with E-state index in [-0.39, 0.29) is 4.21 Å². The molecular weight excluding hydrogens is 364 g/mol. The smallest absolute Gasteiger partial charge is 0.247 e. The van der Waals surface area contributed by atoms with Gasteiger partial charge in [-0.2, -0.15) is 0 Å². The zero-order valence-electron chi connectivity index (χ0n) is 13.3. The molecule has 1 aromatic carbocycles. The number of sulfonamides is 1. The van der Waals surface area contributed by atoms with Gasteiger partial charge in [0.1, 0.15) is 4.21 Å². The monoisotopic (exact) mass is 384 g/mol. The Balaban J connectivity index is 1.55. The van der Waals surface area contributed by atoms with Crippen molar-refractivity contribution in [3.8, 4) is 0 Å². The van der Waals surface area contributed by atoms with E-state index in [9.17, 15) is 8.42 Å². The lowest BCUT2D eigenvalue weighted by Crippen LogP contribution is -2.33. The Hall–Kier alpha value is -0.920. The van der Waals surface area contributed by atoms with E-state index in [2.05, 4.69) is 29.2 Å². The van der Waals surface area contributed by atoms with Gasteiger partial charge in [0.25, 0.3) is 0 Å². The van der Waals surface area contributed by atoms with Gasteiger partial charge in [0.2, 0.25) is 10.0 Å². The van der Waals surface area contributed by atoms with Gasteiger partial charge in [-0.1, -0.05) is 41.9 Å². The van der Waals surface area contributed by atoms with E-state index >= 15 is 0 Å². The molecule has 1 aliphatic heterocycles. The number of likely N-dealkylation sites (tertiary alicyclic amines) is 1. The molecule has 1 fully saturated rings. The van der Waals surface area contributed by atoms with Crippen molar-refractivity contribution < 1.29 is 8.42 Å². The molecule has 2 heterocycles. The van der Waals surface area contributed by atoms with Crippen molar-refractivity contribution >= 4 is 33.0 Å². The van der Waals surface area contributed by atoms with Crippen molar-refractivity contribution in [3.05, 3.63) is 51.9 Å². The molecule has 1 aromatic heterocycles. The third kappa shape index (κ3) is 4.58. The average molecular weight is 385 g/mol. The van der Waals surface area contributed by atoms with E-state index in [1.165, 1.54) is 5.56 Å². The Kier molecular flexibility index (Phi) is 5.62. The highest BCUT2D eigenvalue weighted by atomic mass is 35.5. The summed E-state index contributed by atoms with van der Waals surface area (Å²) in [6.45, 7) is 3.11. The summed E-state index contributed by atoms with van der Waals surface area (Å²) in [5, 5.41) is 5.18. The maximum absolute atomic E-state index is 11.4. The van der Waals surface area contributed by atoms with Crippen LogP contribution in [0.4, 0.5) is 0 Å². The van der Waals surface area contributed by atoms with Crippen LogP contribution < -0.4 is 5.14 Å². The number of nitrogens with zero attached hydrogens (tertiary/aromatic N) is 1. The number of nitrogens with two attached hydrogens (primary N) is 1. The maximum atomic E-state index is 11.4. The molecule has 0 atom stereocenters. The van der Waals surface area contributed by atoms with Crippen LogP contribution in [-0.4, -0.2) is 26.4 Å². The minimum Gasteiger partial charge on any atom is -0.299 e. The Bertz CT molecular complexity index is 782. The van der Waals surface area contributed by atoms with Gasteiger partial charge in [-0.3, -0.25) is 4.90 Å². The largest absolute Gasteiger partial charge is 0.299 e. The Morgan fingerprint density at radius 1 is 1.21 bits per heavy atom. The summed E-state index contributed by atoms with van der Waals surface area (Å²) in [6, 6.07) is 12.1. The number of primary sulfonamides is 1. The summed E-state index contributed by atoms with van der Waals surface area (Å²) in [6.07, 6.45) is 3.03. The molecule has 0 spiro atoms. The van der Waals surface area contributed by atoms with Crippen molar-refractivity contribution in [2.24, 2.45) is 11.1 Å². The molecule has 7 heteroatoms. The molecule has 0 amide bonds. The molecule has 3 rings (SSSR count). The van der Waals surface area contributed by atoms with Crippen molar-refractivity contribution in [3.63, 3.8) is 0 Å². The first kappa shape index (κ1) is 17.9. The van der Waals surface area contributed by atoms with E-state index in [1.807, 2.05) is 6.07 Å². The molecule has 2 N–H and O–H groups in total. The minimum atomic E-state index is -3.66. The second kappa shape index (κ2) is 7.54. The van der Waals surface area contributed by atoms with E-state index in [4.69, 9.17) is 16.7 Å². The van der Waals surface area contributed by atoms with Crippen molar-refractivity contribution in [1.82, 2.24) is 4.90 Å². The number of piperidine rings is 1. The van der Waals surface area contributed by atoms with Gasteiger partial charge in [0, 0.05) is 6.54 Å². The first-order valence-electron chi connectivity index (χ1n) is 7.99. The van der Waals surface area contributed by atoms with Crippen molar-refractivity contribution in [1.29, 1.82) is 0 Å². The molecule has 1 saturated heterocycles. The molecule has 0 aliphatic carbocycles. The van der Waals surface area contributed by atoms with Gasteiger partial charge in [-0.15, -0.1) is 11.3 Å². The fourth-order valence-corrected chi connectivity index (χ4v) is 5.35. The van der Waals surface area contributed by atoms with Crippen LogP contribution >= 0.6 is 22.9 Å². The second-order valence-corrected chi connectivity index (χ2v) is 9.76. The number of rotatable bonds is 5. The quantitative estimate of drug-likeness (QED) is 0.857. The summed E-state index contributed by atoms with van der Waals surface area (Å²) < 4.78 is 23.6. The molecular formula is C17H21ClN2O2S2. The minimum absolute atomic E-state index is 0.156. The van der Waals surface area contributed by atoms with Gasteiger partial charge in [0.05, 0.1) is 4.34 Å². The first-order chi connectivity index (χ1) is 11.4. The van der Waals surface area contributed by atoms with Crippen LogP contribution in [0.1, 0.15) is 24.0 Å². The Morgan fingerprint density at radius 2 is 1.88 bits per heavy atom. The van der Waals surface area contributed by atoms with E-state index in [0.717, 1.165) is 55.8 Å². The zero-order chi connectivity index (χ0) is 17.2.